The van der Waals surface area contributed by atoms with Gasteiger partial charge in [-0.1, -0.05) is 0 Å². The molecule has 2 aromatic rings. The van der Waals surface area contributed by atoms with E-state index in [0.29, 0.717) is 30.1 Å². The van der Waals surface area contributed by atoms with Gasteiger partial charge in [0.2, 0.25) is 0 Å². The fourth-order valence-corrected chi connectivity index (χ4v) is 2.02. The molecule has 0 atom stereocenters. The molecule has 0 aliphatic heterocycles. The average Bonchev–Trinajstić information content (AvgIpc) is 2.49. The molecule has 2 rings (SSSR count). The van der Waals surface area contributed by atoms with E-state index in [-0.39, 0.29) is 5.63 Å². The van der Waals surface area contributed by atoms with Crippen LogP contribution in [0.2, 0.25) is 0 Å². The Balaban J connectivity index is 2.74. The zero-order valence-electron chi connectivity index (χ0n) is 10.5. The summed E-state index contributed by atoms with van der Waals surface area (Å²) in [6.45, 7) is 6.84. The van der Waals surface area contributed by atoms with Crippen molar-refractivity contribution in [3.63, 3.8) is 0 Å². The van der Waals surface area contributed by atoms with Crippen molar-refractivity contribution < 1.29 is 9.15 Å². The molecule has 0 bridgehead atoms. The SMILES string of the molecule is COCCn1c(C)c(C)c2c(=O)oc(C)nc21. The minimum Gasteiger partial charge on any atom is -0.408 e. The van der Waals surface area contributed by atoms with Crippen LogP contribution in [0.15, 0.2) is 9.21 Å². The van der Waals surface area contributed by atoms with Crippen molar-refractivity contribution in [3.8, 4) is 0 Å². The van der Waals surface area contributed by atoms with Gasteiger partial charge in [0, 0.05) is 26.3 Å². The molecule has 5 nitrogen and oxygen atoms in total. The molecule has 0 radical (unpaired) electrons. The van der Waals surface area contributed by atoms with Gasteiger partial charge in [-0.25, -0.2) is 4.79 Å². The van der Waals surface area contributed by atoms with Crippen molar-refractivity contribution in [3.05, 3.63) is 27.6 Å². The summed E-state index contributed by atoms with van der Waals surface area (Å²) in [4.78, 5) is 16.1. The fourth-order valence-electron chi connectivity index (χ4n) is 2.02. The average molecular weight is 236 g/mol. The quantitative estimate of drug-likeness (QED) is 0.811. The number of hydrogen-bond acceptors (Lipinski definition) is 4. The molecule has 0 unspecified atom stereocenters. The maximum Gasteiger partial charge on any atom is 0.348 e. The van der Waals surface area contributed by atoms with Gasteiger partial charge >= 0.3 is 5.63 Å². The zero-order valence-corrected chi connectivity index (χ0v) is 10.5. The Bertz CT molecular complexity index is 610. The number of ether oxygens (including phenoxy) is 1. The van der Waals surface area contributed by atoms with Gasteiger partial charge in [0.25, 0.3) is 0 Å². The zero-order chi connectivity index (χ0) is 12.6. The number of rotatable bonds is 3. The topological polar surface area (TPSA) is 57.3 Å². The third-order valence-electron chi connectivity index (χ3n) is 3.03. The van der Waals surface area contributed by atoms with Gasteiger partial charge in [-0.05, 0) is 19.4 Å². The fraction of sp³-hybridized carbons (Fsp3) is 0.500. The molecular weight excluding hydrogens is 220 g/mol. The molecule has 5 heteroatoms. The highest BCUT2D eigenvalue weighted by Crippen LogP contribution is 2.20. The summed E-state index contributed by atoms with van der Waals surface area (Å²) < 4.78 is 12.1. The molecule has 92 valence electrons. The standard InChI is InChI=1S/C12H16N2O3/c1-7-8(2)14(5-6-16-4)11-10(7)12(15)17-9(3)13-11/h5-6H2,1-4H3. The van der Waals surface area contributed by atoms with Crippen molar-refractivity contribution in [2.45, 2.75) is 27.3 Å². The molecule has 0 saturated heterocycles. The van der Waals surface area contributed by atoms with Gasteiger partial charge in [-0.3, -0.25) is 0 Å². The largest absolute Gasteiger partial charge is 0.408 e. The molecule has 2 aromatic heterocycles. The number of nitrogens with zero attached hydrogens (tertiary/aromatic N) is 2. The molecule has 0 aliphatic rings. The molecule has 0 spiro atoms. The highest BCUT2D eigenvalue weighted by molar-refractivity contribution is 5.80. The summed E-state index contributed by atoms with van der Waals surface area (Å²) >= 11 is 0. The normalized spacial score (nSPS) is 11.3. The first-order valence-corrected chi connectivity index (χ1v) is 5.52. The Labute approximate surface area is 99.0 Å². The molecule has 0 amide bonds. The number of aromatic nitrogens is 2. The van der Waals surface area contributed by atoms with Crippen molar-refractivity contribution in [2.24, 2.45) is 0 Å². The van der Waals surface area contributed by atoms with E-state index >= 15 is 0 Å². The summed E-state index contributed by atoms with van der Waals surface area (Å²) in [7, 11) is 1.65. The minimum atomic E-state index is -0.315. The van der Waals surface area contributed by atoms with E-state index in [1.54, 1.807) is 14.0 Å². The van der Waals surface area contributed by atoms with Gasteiger partial charge in [-0.2, -0.15) is 4.98 Å². The lowest BCUT2D eigenvalue weighted by Crippen LogP contribution is -2.08. The van der Waals surface area contributed by atoms with Crippen molar-refractivity contribution >= 4 is 11.0 Å². The molecule has 17 heavy (non-hydrogen) atoms. The summed E-state index contributed by atoms with van der Waals surface area (Å²) in [6, 6.07) is 0. The summed E-state index contributed by atoms with van der Waals surface area (Å²) in [6.07, 6.45) is 0. The van der Waals surface area contributed by atoms with Crippen LogP contribution in [-0.4, -0.2) is 23.3 Å². The smallest absolute Gasteiger partial charge is 0.348 e. The predicted octanol–water partition coefficient (Wildman–Crippen LogP) is 1.56. The van der Waals surface area contributed by atoms with Crippen LogP contribution < -0.4 is 5.63 Å². The highest BCUT2D eigenvalue weighted by Gasteiger charge is 2.16. The van der Waals surface area contributed by atoms with E-state index in [1.165, 1.54) is 0 Å². The van der Waals surface area contributed by atoms with Crippen molar-refractivity contribution in [2.75, 3.05) is 13.7 Å². The number of aryl methyl sites for hydroxylation is 2. The van der Waals surface area contributed by atoms with E-state index in [0.717, 1.165) is 11.3 Å². The maximum absolute atomic E-state index is 11.8. The van der Waals surface area contributed by atoms with Crippen LogP contribution in [0.4, 0.5) is 0 Å². The number of fused-ring (bicyclic) bond motifs is 1. The van der Waals surface area contributed by atoms with Gasteiger partial charge < -0.3 is 13.7 Å². The van der Waals surface area contributed by atoms with Crippen LogP contribution in [0, 0.1) is 20.8 Å². The van der Waals surface area contributed by atoms with Crippen LogP contribution in [0.1, 0.15) is 17.1 Å². The third-order valence-corrected chi connectivity index (χ3v) is 3.03. The van der Waals surface area contributed by atoms with E-state index in [1.807, 2.05) is 18.4 Å². The first kappa shape index (κ1) is 11.9. The molecule has 0 aromatic carbocycles. The van der Waals surface area contributed by atoms with E-state index in [4.69, 9.17) is 9.15 Å². The van der Waals surface area contributed by atoms with Crippen LogP contribution in [0.25, 0.3) is 11.0 Å². The van der Waals surface area contributed by atoms with Crippen LogP contribution in [-0.2, 0) is 11.3 Å². The first-order chi connectivity index (χ1) is 8.06. The Morgan fingerprint density at radius 1 is 1.35 bits per heavy atom. The van der Waals surface area contributed by atoms with Gasteiger partial charge in [-0.15, -0.1) is 0 Å². The lowest BCUT2D eigenvalue weighted by molar-refractivity contribution is 0.187. The summed E-state index contributed by atoms with van der Waals surface area (Å²) in [5, 5.41) is 0.573. The van der Waals surface area contributed by atoms with Crippen LogP contribution in [0.3, 0.4) is 0 Å². The first-order valence-electron chi connectivity index (χ1n) is 5.52. The van der Waals surface area contributed by atoms with Crippen LogP contribution in [0.5, 0.6) is 0 Å². The lowest BCUT2D eigenvalue weighted by Gasteiger charge is -2.06. The Morgan fingerprint density at radius 3 is 2.71 bits per heavy atom. The highest BCUT2D eigenvalue weighted by atomic mass is 16.5. The van der Waals surface area contributed by atoms with Crippen molar-refractivity contribution in [1.29, 1.82) is 0 Å². The Hall–Kier alpha value is -1.62. The third kappa shape index (κ3) is 1.86. The van der Waals surface area contributed by atoms with E-state index in [9.17, 15) is 4.79 Å². The lowest BCUT2D eigenvalue weighted by atomic mass is 10.2. The van der Waals surface area contributed by atoms with E-state index < -0.39 is 0 Å². The minimum absolute atomic E-state index is 0.315. The molecular formula is C12H16N2O3. The maximum atomic E-state index is 11.8. The second-order valence-electron chi connectivity index (χ2n) is 4.07. The van der Waals surface area contributed by atoms with Gasteiger partial charge in [0.15, 0.2) is 11.5 Å². The summed E-state index contributed by atoms with van der Waals surface area (Å²) in [5.41, 5.74) is 2.33. The second kappa shape index (κ2) is 4.33. The Morgan fingerprint density at radius 2 is 2.06 bits per heavy atom. The van der Waals surface area contributed by atoms with Gasteiger partial charge in [0.05, 0.1) is 6.61 Å². The van der Waals surface area contributed by atoms with Crippen molar-refractivity contribution in [1.82, 2.24) is 9.55 Å². The number of hydrogen-bond donors (Lipinski definition) is 0. The predicted molar refractivity (Wildman–Crippen MR) is 64.4 cm³/mol. The Kier molecular flexibility index (Phi) is 3.02. The second-order valence-corrected chi connectivity index (χ2v) is 4.07. The molecule has 0 N–H and O–H groups in total. The van der Waals surface area contributed by atoms with Gasteiger partial charge in [0.1, 0.15) is 5.39 Å². The monoisotopic (exact) mass is 236 g/mol. The number of methoxy groups -OCH3 is 1. The van der Waals surface area contributed by atoms with Crippen LogP contribution >= 0.6 is 0 Å². The molecule has 2 heterocycles. The van der Waals surface area contributed by atoms with E-state index in [2.05, 4.69) is 4.98 Å². The summed E-state index contributed by atoms with van der Waals surface area (Å²) in [5.74, 6) is 0.388. The molecule has 0 saturated carbocycles. The molecule has 0 aliphatic carbocycles. The molecule has 0 fully saturated rings.